The molecule has 1 aliphatic carbocycles. The molecule has 250 valence electrons. The highest BCUT2D eigenvalue weighted by atomic mass is 16.5. The minimum absolute atomic E-state index is 0.00711. The molecule has 4 aromatic rings. The molecule has 7 rings (SSSR count). The van der Waals surface area contributed by atoms with Crippen molar-refractivity contribution in [3.63, 3.8) is 0 Å². The van der Waals surface area contributed by atoms with E-state index in [1.807, 2.05) is 18.2 Å². The number of aromatic nitrogens is 2. The molecule has 0 saturated carbocycles. The fourth-order valence-corrected chi connectivity index (χ4v) is 6.65. The van der Waals surface area contributed by atoms with Gasteiger partial charge < -0.3 is 24.7 Å². The number of esters is 1. The Hall–Kier alpha value is -5.43. The third-order valence-corrected chi connectivity index (χ3v) is 9.29. The summed E-state index contributed by atoms with van der Waals surface area (Å²) in [4.78, 5) is 62.2. The van der Waals surface area contributed by atoms with Gasteiger partial charge in [0.1, 0.15) is 11.8 Å². The van der Waals surface area contributed by atoms with Gasteiger partial charge in [-0.05, 0) is 36.8 Å². The predicted octanol–water partition coefficient (Wildman–Crippen LogP) is 4.02. The molecule has 1 unspecified atom stereocenters. The highest BCUT2D eigenvalue weighted by molar-refractivity contribution is 6.11. The number of carbonyl (C=O) groups is 4. The lowest BCUT2D eigenvalue weighted by molar-refractivity contribution is -0.144. The predicted molar refractivity (Wildman–Crippen MR) is 177 cm³/mol. The van der Waals surface area contributed by atoms with Gasteiger partial charge in [0, 0.05) is 47.9 Å². The number of para-hydroxylation sites is 1. The quantitative estimate of drug-likeness (QED) is 0.176. The Bertz CT molecular complexity index is 2010. The molecule has 0 spiro atoms. The van der Waals surface area contributed by atoms with Crippen LogP contribution in [0, 0.1) is 5.92 Å². The Morgan fingerprint density at radius 2 is 1.84 bits per heavy atom. The maximum atomic E-state index is 13.2. The largest absolute Gasteiger partial charge is 0.477 e. The van der Waals surface area contributed by atoms with Gasteiger partial charge in [0.15, 0.2) is 5.60 Å². The van der Waals surface area contributed by atoms with Crippen molar-refractivity contribution in [2.75, 3.05) is 26.3 Å². The molecule has 12 nitrogen and oxygen atoms in total. The molecule has 3 aliphatic rings. The SMILES string of the molecule is C[C@H](OC(=O)c1ccc(CN2C(=O)C3C=CC=C[C@@]3(O)C2=O)cc1)c1cccc2c(-c3ccc(CN4CCOCC4)nc3)c(C(=O)O)[nH]c12. The van der Waals surface area contributed by atoms with Crippen LogP contribution in [0.15, 0.2) is 85.1 Å². The van der Waals surface area contributed by atoms with Crippen molar-refractivity contribution in [3.05, 3.63) is 113 Å². The summed E-state index contributed by atoms with van der Waals surface area (Å²) in [5.41, 5.74) is 2.12. The summed E-state index contributed by atoms with van der Waals surface area (Å²) < 4.78 is 11.2. The number of H-pyrrole nitrogens is 1. The van der Waals surface area contributed by atoms with Crippen molar-refractivity contribution in [1.82, 2.24) is 19.8 Å². The second kappa shape index (κ2) is 12.9. The zero-order valence-corrected chi connectivity index (χ0v) is 26.7. The van der Waals surface area contributed by atoms with Crippen LogP contribution in [0.2, 0.25) is 0 Å². The molecule has 3 atom stereocenters. The number of nitrogens with one attached hydrogen (secondary N) is 1. The number of carboxylic acid groups (broad SMARTS) is 1. The van der Waals surface area contributed by atoms with E-state index in [0.29, 0.717) is 52.9 Å². The van der Waals surface area contributed by atoms with E-state index in [4.69, 9.17) is 9.47 Å². The van der Waals surface area contributed by atoms with E-state index in [0.717, 1.165) is 23.7 Å². The summed E-state index contributed by atoms with van der Waals surface area (Å²) in [5, 5.41) is 21.5. The molecule has 2 fully saturated rings. The minimum atomic E-state index is -1.88. The Morgan fingerprint density at radius 3 is 2.53 bits per heavy atom. The molecule has 49 heavy (non-hydrogen) atoms. The summed E-state index contributed by atoms with van der Waals surface area (Å²) in [7, 11) is 0. The zero-order chi connectivity index (χ0) is 34.3. The fraction of sp³-hybridized carbons (Fsp3) is 0.270. The van der Waals surface area contributed by atoms with Crippen molar-refractivity contribution in [2.45, 2.75) is 31.7 Å². The first-order chi connectivity index (χ1) is 23.6. The van der Waals surface area contributed by atoms with E-state index in [2.05, 4.69) is 14.9 Å². The molecule has 4 heterocycles. The topological polar surface area (TPSA) is 162 Å². The van der Waals surface area contributed by atoms with Crippen LogP contribution in [0.25, 0.3) is 22.0 Å². The summed E-state index contributed by atoms with van der Waals surface area (Å²) in [5.74, 6) is -3.88. The molecule has 2 amide bonds. The number of nitrogens with zero attached hydrogens (tertiary/aromatic N) is 3. The first-order valence-electron chi connectivity index (χ1n) is 16.0. The number of carboxylic acids is 1. The molecule has 2 saturated heterocycles. The maximum absolute atomic E-state index is 13.2. The number of aromatic amines is 1. The normalized spacial score (nSPS) is 21.3. The molecule has 12 heteroatoms. The van der Waals surface area contributed by atoms with Crippen LogP contribution in [0.3, 0.4) is 0 Å². The lowest BCUT2D eigenvalue weighted by atomic mass is 9.86. The number of amides is 2. The Morgan fingerprint density at radius 1 is 1.06 bits per heavy atom. The van der Waals surface area contributed by atoms with Gasteiger partial charge in [0.25, 0.3) is 5.91 Å². The molecule has 3 N–H and O–H groups in total. The van der Waals surface area contributed by atoms with Gasteiger partial charge in [-0.3, -0.25) is 24.4 Å². The standard InChI is InChI=1S/C37H34N4O8/c1-22(49-35(45)24-10-8-23(9-11-24)20-41-33(42)29-7-2-3-14-37(29,47)36(41)46)27-5-4-6-28-30(32(34(43)44)39-31(27)28)25-12-13-26(38-19-25)21-40-15-17-48-18-16-40/h2-14,19,22,29,39,47H,15-18,20-21H2,1H3,(H,43,44)/t22-,29?,37-/m0/s1. The monoisotopic (exact) mass is 662 g/mol. The number of fused-ring (bicyclic) bond motifs is 2. The molecule has 0 bridgehead atoms. The van der Waals surface area contributed by atoms with Crippen molar-refractivity contribution in [2.24, 2.45) is 5.92 Å². The number of allylic oxidation sites excluding steroid dienone is 2. The summed E-state index contributed by atoms with van der Waals surface area (Å²) in [6, 6.07) is 15.5. The van der Waals surface area contributed by atoms with Gasteiger partial charge in [-0.25, -0.2) is 9.59 Å². The van der Waals surface area contributed by atoms with Crippen molar-refractivity contribution in [1.29, 1.82) is 0 Å². The Labute approximate surface area is 281 Å². The lowest BCUT2D eigenvalue weighted by Crippen LogP contribution is -2.41. The van der Waals surface area contributed by atoms with Crippen LogP contribution in [-0.2, 0) is 32.2 Å². The van der Waals surface area contributed by atoms with Crippen LogP contribution < -0.4 is 0 Å². The Kier molecular flexibility index (Phi) is 8.45. The van der Waals surface area contributed by atoms with Crippen LogP contribution in [0.1, 0.15) is 50.7 Å². The van der Waals surface area contributed by atoms with Crippen LogP contribution in [-0.4, -0.2) is 85.6 Å². The molecule has 2 aromatic heterocycles. The smallest absolute Gasteiger partial charge is 0.352 e. The number of hydrogen-bond acceptors (Lipinski definition) is 9. The van der Waals surface area contributed by atoms with Crippen LogP contribution in [0.4, 0.5) is 0 Å². The Balaban J connectivity index is 1.07. The molecule has 2 aliphatic heterocycles. The average Bonchev–Trinajstić information content (AvgIpc) is 3.59. The third-order valence-electron chi connectivity index (χ3n) is 9.29. The third kappa shape index (κ3) is 5.94. The van der Waals surface area contributed by atoms with Gasteiger partial charge >= 0.3 is 11.9 Å². The highest BCUT2D eigenvalue weighted by Gasteiger charge is 2.56. The first-order valence-corrected chi connectivity index (χ1v) is 16.0. The molecular formula is C37H34N4O8. The van der Waals surface area contributed by atoms with Gasteiger partial charge in [-0.2, -0.15) is 0 Å². The van der Waals surface area contributed by atoms with Gasteiger partial charge in [0.2, 0.25) is 5.91 Å². The van der Waals surface area contributed by atoms with E-state index in [9.17, 15) is 29.4 Å². The van der Waals surface area contributed by atoms with Crippen LogP contribution in [0.5, 0.6) is 0 Å². The van der Waals surface area contributed by atoms with E-state index in [-0.39, 0.29) is 17.8 Å². The van der Waals surface area contributed by atoms with E-state index in [1.165, 1.54) is 18.2 Å². The molecule has 2 aromatic carbocycles. The van der Waals surface area contributed by atoms with E-state index < -0.39 is 41.4 Å². The fourth-order valence-electron chi connectivity index (χ4n) is 6.65. The van der Waals surface area contributed by atoms with Crippen molar-refractivity contribution >= 4 is 34.7 Å². The number of aromatic carboxylic acids is 1. The van der Waals surface area contributed by atoms with Crippen LogP contribution >= 0.6 is 0 Å². The second-order valence-electron chi connectivity index (χ2n) is 12.4. The van der Waals surface area contributed by atoms with Gasteiger partial charge in [-0.15, -0.1) is 0 Å². The lowest BCUT2D eigenvalue weighted by Gasteiger charge is -2.26. The second-order valence-corrected chi connectivity index (χ2v) is 12.4. The highest BCUT2D eigenvalue weighted by Crippen LogP contribution is 2.38. The van der Waals surface area contributed by atoms with E-state index >= 15 is 0 Å². The number of imide groups is 1. The number of morpholine rings is 1. The number of ether oxygens (including phenoxy) is 2. The number of aliphatic hydroxyl groups is 1. The van der Waals surface area contributed by atoms with Crippen molar-refractivity contribution < 1.29 is 38.9 Å². The number of rotatable bonds is 9. The number of benzene rings is 2. The first kappa shape index (κ1) is 32.1. The summed E-state index contributed by atoms with van der Waals surface area (Å²) in [6.45, 7) is 5.37. The summed E-state index contributed by atoms with van der Waals surface area (Å²) in [6.07, 6.45) is 6.94. The van der Waals surface area contributed by atoms with Crippen molar-refractivity contribution in [3.8, 4) is 11.1 Å². The molecule has 0 radical (unpaired) electrons. The average molecular weight is 663 g/mol. The number of carbonyl (C=O) groups excluding carboxylic acids is 3. The maximum Gasteiger partial charge on any atom is 0.352 e. The number of likely N-dealkylation sites (tertiary alicyclic amines) is 1. The summed E-state index contributed by atoms with van der Waals surface area (Å²) >= 11 is 0. The number of hydrogen-bond donors (Lipinski definition) is 3. The zero-order valence-electron chi connectivity index (χ0n) is 26.7. The number of pyridine rings is 1. The van der Waals surface area contributed by atoms with E-state index in [1.54, 1.807) is 55.6 Å². The minimum Gasteiger partial charge on any atom is -0.477 e. The van der Waals surface area contributed by atoms with Gasteiger partial charge in [0.05, 0.1) is 42.5 Å². The van der Waals surface area contributed by atoms with Gasteiger partial charge in [-0.1, -0.05) is 54.6 Å². The molecular weight excluding hydrogens is 628 g/mol.